The van der Waals surface area contributed by atoms with Gasteiger partial charge >= 0.3 is 11.9 Å². The van der Waals surface area contributed by atoms with Gasteiger partial charge in [0.1, 0.15) is 0 Å². The van der Waals surface area contributed by atoms with Crippen molar-refractivity contribution < 1.29 is 19.1 Å². The third-order valence-corrected chi connectivity index (χ3v) is 2.31. The summed E-state index contributed by atoms with van der Waals surface area (Å²) in [5.41, 5.74) is 1.32. The Morgan fingerprint density at radius 2 is 2.00 bits per heavy atom. The van der Waals surface area contributed by atoms with Gasteiger partial charge in [-0.15, -0.1) is 0 Å². The van der Waals surface area contributed by atoms with E-state index in [9.17, 15) is 9.59 Å². The van der Waals surface area contributed by atoms with E-state index in [2.05, 4.69) is 4.74 Å². The van der Waals surface area contributed by atoms with E-state index in [0.29, 0.717) is 5.57 Å². The molecule has 0 aliphatic carbocycles. The first-order valence-electron chi connectivity index (χ1n) is 4.78. The minimum absolute atomic E-state index is 0.519. The molecule has 0 aromatic heterocycles. The fourth-order valence-electron chi connectivity index (χ4n) is 1.56. The molecule has 1 unspecified atom stereocenters. The van der Waals surface area contributed by atoms with Crippen molar-refractivity contribution in [2.24, 2.45) is 0 Å². The first kappa shape index (κ1) is 10.4. The summed E-state index contributed by atoms with van der Waals surface area (Å²) in [5, 5.41) is 0. The van der Waals surface area contributed by atoms with Crippen LogP contribution in [-0.2, 0) is 19.1 Å². The van der Waals surface area contributed by atoms with Crippen molar-refractivity contribution in [3.05, 3.63) is 42.0 Å². The molecule has 0 spiro atoms. The van der Waals surface area contributed by atoms with Crippen LogP contribution in [0.25, 0.3) is 5.57 Å². The maximum atomic E-state index is 11.4. The lowest BCUT2D eigenvalue weighted by molar-refractivity contribution is -0.157. The van der Waals surface area contributed by atoms with Gasteiger partial charge in [-0.2, -0.15) is 0 Å². The number of benzene rings is 1. The van der Waals surface area contributed by atoms with E-state index < -0.39 is 18.0 Å². The molecule has 0 bridgehead atoms. The average Bonchev–Trinajstić information content (AvgIpc) is 2.71. The maximum absolute atomic E-state index is 11.4. The lowest BCUT2D eigenvalue weighted by Gasteiger charge is -2.11. The number of carbonyl (C=O) groups excluding carboxylic acids is 2. The topological polar surface area (TPSA) is 52.6 Å². The predicted octanol–water partition coefficient (Wildman–Crippen LogP) is 1.17. The lowest BCUT2D eigenvalue weighted by atomic mass is 10.0. The molecule has 0 N–H and O–H groups in total. The number of rotatable bonds is 2. The quantitative estimate of drug-likeness (QED) is 0.699. The highest BCUT2D eigenvalue weighted by atomic mass is 16.6. The number of carbonyl (C=O) groups is 2. The number of cyclic esters (lactones) is 1. The summed E-state index contributed by atoms with van der Waals surface area (Å²) in [6.45, 7) is 0. The molecular weight excluding hydrogens is 208 g/mol. The molecule has 4 nitrogen and oxygen atoms in total. The van der Waals surface area contributed by atoms with Crippen molar-refractivity contribution in [2.75, 3.05) is 7.11 Å². The molecule has 4 heteroatoms. The fourth-order valence-corrected chi connectivity index (χ4v) is 1.56. The molecule has 1 aliphatic rings. The fraction of sp³-hybridized carbons (Fsp3) is 0.167. The summed E-state index contributed by atoms with van der Waals surface area (Å²) >= 11 is 0. The third kappa shape index (κ3) is 1.82. The van der Waals surface area contributed by atoms with Gasteiger partial charge in [0.15, 0.2) is 0 Å². The van der Waals surface area contributed by atoms with Gasteiger partial charge in [-0.05, 0) is 5.56 Å². The summed E-state index contributed by atoms with van der Waals surface area (Å²) in [6, 6.07) is 9.13. The van der Waals surface area contributed by atoms with Gasteiger partial charge in [0.25, 0.3) is 0 Å². The van der Waals surface area contributed by atoms with Crippen LogP contribution < -0.4 is 0 Å². The predicted molar refractivity (Wildman–Crippen MR) is 56.3 cm³/mol. The Morgan fingerprint density at radius 1 is 1.31 bits per heavy atom. The summed E-state index contributed by atoms with van der Waals surface area (Å²) in [4.78, 5) is 22.6. The van der Waals surface area contributed by atoms with Crippen molar-refractivity contribution >= 4 is 17.5 Å². The highest BCUT2D eigenvalue weighted by Crippen LogP contribution is 2.26. The number of esters is 2. The summed E-state index contributed by atoms with van der Waals surface area (Å²) in [5.74, 6) is -1.09. The van der Waals surface area contributed by atoms with Crippen LogP contribution in [0.5, 0.6) is 0 Å². The Balaban J connectivity index is 2.35. The second-order valence-corrected chi connectivity index (χ2v) is 3.31. The van der Waals surface area contributed by atoms with E-state index >= 15 is 0 Å². The minimum Gasteiger partial charge on any atom is -0.466 e. The standard InChI is InChI=1S/C12H10O4/c1-15-12(14)11-9(7-10(13)16-11)8-5-3-2-4-6-8/h2-7,11H,1H3. The summed E-state index contributed by atoms with van der Waals surface area (Å²) < 4.78 is 9.45. The van der Waals surface area contributed by atoms with E-state index in [0.717, 1.165) is 5.56 Å². The van der Waals surface area contributed by atoms with Crippen molar-refractivity contribution in [3.8, 4) is 0 Å². The Morgan fingerprint density at radius 3 is 2.62 bits per heavy atom. The molecule has 2 rings (SSSR count). The van der Waals surface area contributed by atoms with Gasteiger partial charge in [-0.1, -0.05) is 30.3 Å². The molecule has 1 aliphatic heterocycles. The molecule has 1 heterocycles. The highest BCUT2D eigenvalue weighted by Gasteiger charge is 2.34. The van der Waals surface area contributed by atoms with Gasteiger partial charge in [0.05, 0.1) is 7.11 Å². The van der Waals surface area contributed by atoms with Gasteiger partial charge in [-0.25, -0.2) is 9.59 Å². The van der Waals surface area contributed by atoms with Crippen molar-refractivity contribution in [1.29, 1.82) is 0 Å². The number of ether oxygens (including phenoxy) is 2. The Bertz CT molecular complexity index is 447. The van der Waals surface area contributed by atoms with Crippen LogP contribution in [0.1, 0.15) is 5.56 Å². The molecule has 1 aromatic rings. The third-order valence-electron chi connectivity index (χ3n) is 2.31. The first-order valence-corrected chi connectivity index (χ1v) is 4.78. The average molecular weight is 218 g/mol. The van der Waals surface area contributed by atoms with Crippen LogP contribution in [0.15, 0.2) is 36.4 Å². The van der Waals surface area contributed by atoms with E-state index in [4.69, 9.17) is 4.74 Å². The molecule has 0 saturated heterocycles. The van der Waals surface area contributed by atoms with E-state index in [-0.39, 0.29) is 0 Å². The number of hydrogen-bond acceptors (Lipinski definition) is 4. The van der Waals surface area contributed by atoms with Crippen LogP contribution in [0, 0.1) is 0 Å². The molecule has 0 fully saturated rings. The second kappa shape index (κ2) is 4.18. The zero-order valence-corrected chi connectivity index (χ0v) is 8.67. The largest absolute Gasteiger partial charge is 0.466 e. The van der Waals surface area contributed by atoms with E-state index in [1.54, 1.807) is 0 Å². The van der Waals surface area contributed by atoms with Crippen LogP contribution in [0.4, 0.5) is 0 Å². The Kier molecular flexibility index (Phi) is 2.72. The van der Waals surface area contributed by atoms with Crippen LogP contribution in [0.2, 0.25) is 0 Å². The Labute approximate surface area is 92.5 Å². The summed E-state index contributed by atoms with van der Waals surface area (Å²) in [7, 11) is 1.26. The van der Waals surface area contributed by atoms with Crippen LogP contribution in [0.3, 0.4) is 0 Å². The zero-order chi connectivity index (χ0) is 11.5. The molecule has 0 saturated carbocycles. The van der Waals surface area contributed by atoms with Crippen molar-refractivity contribution in [3.63, 3.8) is 0 Å². The van der Waals surface area contributed by atoms with Crippen molar-refractivity contribution in [2.45, 2.75) is 6.10 Å². The van der Waals surface area contributed by atoms with Gasteiger partial charge in [0, 0.05) is 11.6 Å². The smallest absolute Gasteiger partial charge is 0.352 e. The molecular formula is C12H10O4. The van der Waals surface area contributed by atoms with E-state index in [1.807, 2.05) is 30.3 Å². The Hall–Kier alpha value is -2.10. The highest BCUT2D eigenvalue weighted by molar-refractivity contribution is 6.05. The molecule has 16 heavy (non-hydrogen) atoms. The maximum Gasteiger partial charge on any atom is 0.352 e. The number of methoxy groups -OCH3 is 1. The van der Waals surface area contributed by atoms with Gasteiger partial charge < -0.3 is 9.47 Å². The SMILES string of the molecule is COC(=O)C1OC(=O)C=C1c1ccccc1. The zero-order valence-electron chi connectivity index (χ0n) is 8.67. The van der Waals surface area contributed by atoms with Crippen LogP contribution in [-0.4, -0.2) is 25.2 Å². The molecule has 1 atom stereocenters. The molecule has 0 radical (unpaired) electrons. The monoisotopic (exact) mass is 218 g/mol. The van der Waals surface area contributed by atoms with Crippen LogP contribution >= 0.6 is 0 Å². The molecule has 82 valence electrons. The lowest BCUT2D eigenvalue weighted by Crippen LogP contribution is -2.24. The normalized spacial score (nSPS) is 18.9. The van der Waals surface area contributed by atoms with Gasteiger partial charge in [0.2, 0.25) is 6.10 Å². The first-order chi connectivity index (χ1) is 7.72. The van der Waals surface area contributed by atoms with E-state index in [1.165, 1.54) is 13.2 Å². The number of hydrogen-bond donors (Lipinski definition) is 0. The van der Waals surface area contributed by atoms with Gasteiger partial charge in [-0.3, -0.25) is 0 Å². The summed E-state index contributed by atoms with van der Waals surface area (Å²) in [6.07, 6.45) is 0.372. The minimum atomic E-state index is -0.945. The molecule has 1 aromatic carbocycles. The van der Waals surface area contributed by atoms with Crippen molar-refractivity contribution in [1.82, 2.24) is 0 Å². The molecule has 0 amide bonds. The second-order valence-electron chi connectivity index (χ2n) is 3.31.